The van der Waals surface area contributed by atoms with Crippen molar-refractivity contribution in [3.63, 3.8) is 0 Å². The number of carbonyl (C=O) groups excluding carboxylic acids is 1. The van der Waals surface area contributed by atoms with Gasteiger partial charge in [0.1, 0.15) is 0 Å². The molecule has 4 heteroatoms. The van der Waals surface area contributed by atoms with Gasteiger partial charge in [-0.25, -0.2) is 4.68 Å². The smallest absolute Gasteiger partial charge is 0.222 e. The SMILES string of the molecule is O=Cc1cnn2c1OCC1(CC1)C2. The highest BCUT2D eigenvalue weighted by Gasteiger charge is 2.47. The van der Waals surface area contributed by atoms with Crippen LogP contribution < -0.4 is 4.74 Å². The summed E-state index contributed by atoms with van der Waals surface area (Å²) in [5.74, 6) is 0.646. The molecule has 1 aliphatic carbocycles. The third kappa shape index (κ3) is 0.913. The van der Waals surface area contributed by atoms with Gasteiger partial charge in [-0.3, -0.25) is 4.79 Å². The standard InChI is InChI=1S/C9H10N2O2/c12-4-7-3-10-11-5-9(1-2-9)6-13-8(7)11/h3-4H,1-2,5-6H2. The second-order valence-corrected chi connectivity index (χ2v) is 3.97. The average molecular weight is 178 g/mol. The molecule has 1 spiro atoms. The Morgan fingerprint density at radius 2 is 2.46 bits per heavy atom. The Morgan fingerprint density at radius 1 is 1.62 bits per heavy atom. The Morgan fingerprint density at radius 3 is 3.15 bits per heavy atom. The molecule has 13 heavy (non-hydrogen) atoms. The van der Waals surface area contributed by atoms with Crippen molar-refractivity contribution in [1.82, 2.24) is 9.78 Å². The number of aldehydes is 1. The maximum atomic E-state index is 10.6. The molecule has 1 aliphatic heterocycles. The molecule has 1 aromatic heterocycles. The molecule has 0 bridgehead atoms. The van der Waals surface area contributed by atoms with Crippen LogP contribution in [0.3, 0.4) is 0 Å². The molecule has 1 fully saturated rings. The van der Waals surface area contributed by atoms with Crippen molar-refractivity contribution in [3.05, 3.63) is 11.8 Å². The van der Waals surface area contributed by atoms with Gasteiger partial charge in [-0.1, -0.05) is 0 Å². The van der Waals surface area contributed by atoms with Gasteiger partial charge in [-0.05, 0) is 12.8 Å². The minimum atomic E-state index is 0.346. The highest BCUT2D eigenvalue weighted by Crippen LogP contribution is 2.50. The molecule has 0 saturated heterocycles. The zero-order valence-electron chi connectivity index (χ0n) is 7.19. The van der Waals surface area contributed by atoms with Crippen LogP contribution in [-0.2, 0) is 6.54 Å². The topological polar surface area (TPSA) is 44.1 Å². The molecule has 2 aliphatic rings. The van der Waals surface area contributed by atoms with Gasteiger partial charge in [-0.2, -0.15) is 5.10 Å². The fourth-order valence-corrected chi connectivity index (χ4v) is 1.80. The Balaban J connectivity index is 2.01. The van der Waals surface area contributed by atoms with Crippen LogP contribution in [0.15, 0.2) is 6.20 Å². The highest BCUT2D eigenvalue weighted by atomic mass is 16.5. The number of hydrogen-bond acceptors (Lipinski definition) is 3. The van der Waals surface area contributed by atoms with Gasteiger partial charge in [0.25, 0.3) is 0 Å². The molecule has 0 amide bonds. The molecule has 68 valence electrons. The van der Waals surface area contributed by atoms with Gasteiger partial charge in [0.2, 0.25) is 5.88 Å². The van der Waals surface area contributed by atoms with E-state index in [1.807, 2.05) is 0 Å². The predicted molar refractivity (Wildman–Crippen MR) is 44.8 cm³/mol. The molecule has 1 aromatic rings. The van der Waals surface area contributed by atoms with E-state index < -0.39 is 0 Å². The van der Waals surface area contributed by atoms with E-state index in [0.29, 0.717) is 16.9 Å². The van der Waals surface area contributed by atoms with Crippen LogP contribution in [0.4, 0.5) is 0 Å². The summed E-state index contributed by atoms with van der Waals surface area (Å²) >= 11 is 0. The lowest BCUT2D eigenvalue weighted by molar-refractivity contribution is 0.110. The fraction of sp³-hybridized carbons (Fsp3) is 0.556. The number of nitrogens with zero attached hydrogens (tertiary/aromatic N) is 2. The van der Waals surface area contributed by atoms with Crippen LogP contribution in [0, 0.1) is 5.41 Å². The normalized spacial score (nSPS) is 22.2. The Labute approximate surface area is 75.5 Å². The third-order valence-corrected chi connectivity index (χ3v) is 2.90. The Bertz CT molecular complexity index is 366. The fourth-order valence-electron chi connectivity index (χ4n) is 1.80. The maximum absolute atomic E-state index is 10.6. The van der Waals surface area contributed by atoms with Crippen LogP contribution in [-0.4, -0.2) is 22.7 Å². The summed E-state index contributed by atoms with van der Waals surface area (Å²) in [5, 5.41) is 4.12. The molecule has 2 heterocycles. The first kappa shape index (κ1) is 7.12. The van der Waals surface area contributed by atoms with E-state index >= 15 is 0 Å². The van der Waals surface area contributed by atoms with Gasteiger partial charge in [-0.15, -0.1) is 0 Å². The maximum Gasteiger partial charge on any atom is 0.222 e. The van der Waals surface area contributed by atoms with Crippen molar-refractivity contribution in [2.45, 2.75) is 19.4 Å². The first-order chi connectivity index (χ1) is 6.33. The van der Waals surface area contributed by atoms with Gasteiger partial charge in [0, 0.05) is 5.41 Å². The number of ether oxygens (including phenoxy) is 1. The lowest BCUT2D eigenvalue weighted by Crippen LogP contribution is -2.27. The monoisotopic (exact) mass is 178 g/mol. The summed E-state index contributed by atoms with van der Waals surface area (Å²) in [6, 6.07) is 0. The van der Waals surface area contributed by atoms with Crippen molar-refractivity contribution in [2.24, 2.45) is 5.41 Å². The third-order valence-electron chi connectivity index (χ3n) is 2.90. The second kappa shape index (κ2) is 2.13. The summed E-state index contributed by atoms with van der Waals surface area (Å²) in [4.78, 5) is 10.6. The second-order valence-electron chi connectivity index (χ2n) is 3.97. The lowest BCUT2D eigenvalue weighted by Gasteiger charge is -2.23. The molecule has 0 radical (unpaired) electrons. The number of rotatable bonds is 1. The van der Waals surface area contributed by atoms with Crippen molar-refractivity contribution in [3.8, 4) is 5.88 Å². The van der Waals surface area contributed by atoms with Gasteiger partial charge < -0.3 is 4.74 Å². The molecule has 3 rings (SSSR count). The minimum Gasteiger partial charge on any atom is -0.477 e. The van der Waals surface area contributed by atoms with E-state index in [2.05, 4.69) is 5.10 Å². The van der Waals surface area contributed by atoms with Gasteiger partial charge in [0.15, 0.2) is 6.29 Å². The predicted octanol–water partition coefficient (Wildman–Crippen LogP) is 0.868. The van der Waals surface area contributed by atoms with Crippen LogP contribution in [0.1, 0.15) is 23.2 Å². The Hall–Kier alpha value is -1.32. The van der Waals surface area contributed by atoms with E-state index in [0.717, 1.165) is 19.4 Å². The number of fused-ring (bicyclic) bond motifs is 1. The Kier molecular flexibility index (Phi) is 1.17. The highest BCUT2D eigenvalue weighted by molar-refractivity contribution is 5.77. The molecular weight excluding hydrogens is 168 g/mol. The molecule has 0 unspecified atom stereocenters. The van der Waals surface area contributed by atoms with E-state index in [1.165, 1.54) is 12.8 Å². The molecule has 0 aromatic carbocycles. The summed E-state index contributed by atoms with van der Waals surface area (Å²) in [7, 11) is 0. The molecule has 4 nitrogen and oxygen atoms in total. The largest absolute Gasteiger partial charge is 0.477 e. The first-order valence-electron chi connectivity index (χ1n) is 4.47. The van der Waals surface area contributed by atoms with Crippen LogP contribution in [0.25, 0.3) is 0 Å². The zero-order valence-corrected chi connectivity index (χ0v) is 7.19. The molecule has 0 N–H and O–H groups in total. The summed E-state index contributed by atoms with van der Waals surface area (Å²) in [5.41, 5.74) is 0.912. The minimum absolute atomic E-state index is 0.346. The van der Waals surface area contributed by atoms with E-state index in [-0.39, 0.29) is 0 Å². The van der Waals surface area contributed by atoms with E-state index in [4.69, 9.17) is 4.74 Å². The van der Waals surface area contributed by atoms with E-state index in [9.17, 15) is 4.79 Å². The molecular formula is C9H10N2O2. The van der Waals surface area contributed by atoms with E-state index in [1.54, 1.807) is 10.9 Å². The quantitative estimate of drug-likeness (QED) is 0.599. The number of aromatic nitrogens is 2. The summed E-state index contributed by atoms with van der Waals surface area (Å²) < 4.78 is 7.34. The van der Waals surface area contributed by atoms with Gasteiger partial charge >= 0.3 is 0 Å². The lowest BCUT2D eigenvalue weighted by atomic mass is 10.1. The van der Waals surface area contributed by atoms with Crippen molar-refractivity contribution in [2.75, 3.05) is 6.61 Å². The number of hydrogen-bond donors (Lipinski definition) is 0. The zero-order chi connectivity index (χ0) is 8.89. The van der Waals surface area contributed by atoms with Crippen LogP contribution in [0.5, 0.6) is 5.88 Å². The average Bonchev–Trinajstić information content (AvgIpc) is 2.78. The van der Waals surface area contributed by atoms with Crippen LogP contribution >= 0.6 is 0 Å². The summed E-state index contributed by atoms with van der Waals surface area (Å²) in [6.07, 6.45) is 4.82. The molecule has 0 atom stereocenters. The van der Waals surface area contributed by atoms with Crippen LogP contribution in [0.2, 0.25) is 0 Å². The van der Waals surface area contributed by atoms with Gasteiger partial charge in [0.05, 0.1) is 24.9 Å². The van der Waals surface area contributed by atoms with Crippen molar-refractivity contribution >= 4 is 6.29 Å². The number of carbonyl (C=O) groups is 1. The van der Waals surface area contributed by atoms with Crippen molar-refractivity contribution < 1.29 is 9.53 Å². The molecule has 1 saturated carbocycles. The van der Waals surface area contributed by atoms with Crippen molar-refractivity contribution in [1.29, 1.82) is 0 Å². The first-order valence-corrected chi connectivity index (χ1v) is 4.47. The summed E-state index contributed by atoms with van der Waals surface area (Å²) in [6.45, 7) is 1.66.